The Morgan fingerprint density at radius 1 is 0.812 bits per heavy atom. The number of carbonyl (C=O) groups is 1. The lowest BCUT2D eigenvalue weighted by atomic mass is 10.2. The van der Waals surface area contributed by atoms with Gasteiger partial charge in [0.1, 0.15) is 0 Å². The summed E-state index contributed by atoms with van der Waals surface area (Å²) >= 11 is 24.2. The maximum atomic E-state index is 13.3. The standard InChI is InChI=1S/C22H18Cl4N2O3S/c23-17-7-9-19(10-8-17)32(30,31)28(13-16-5-6-18(24)11-21(16)26)14-22(29)27-12-15-3-1-2-4-20(15)25/h1-11H,12-14H2,(H,27,29). The number of carbonyl (C=O) groups excluding carboxylic acids is 1. The molecule has 5 nitrogen and oxygen atoms in total. The van der Waals surface area contributed by atoms with Crippen LogP contribution in [-0.4, -0.2) is 25.2 Å². The quantitative estimate of drug-likeness (QED) is 0.399. The zero-order valence-electron chi connectivity index (χ0n) is 16.6. The van der Waals surface area contributed by atoms with Crippen molar-refractivity contribution in [3.63, 3.8) is 0 Å². The lowest BCUT2D eigenvalue weighted by Crippen LogP contribution is -2.40. The van der Waals surface area contributed by atoms with Crippen LogP contribution in [0.1, 0.15) is 11.1 Å². The highest BCUT2D eigenvalue weighted by atomic mass is 35.5. The first kappa shape index (κ1) is 24.8. The molecule has 0 aliphatic heterocycles. The van der Waals surface area contributed by atoms with E-state index in [4.69, 9.17) is 46.4 Å². The van der Waals surface area contributed by atoms with E-state index in [1.165, 1.54) is 30.3 Å². The first-order valence-corrected chi connectivity index (χ1v) is 12.3. The molecule has 0 atom stereocenters. The summed E-state index contributed by atoms with van der Waals surface area (Å²) in [4.78, 5) is 12.7. The number of rotatable bonds is 8. The van der Waals surface area contributed by atoms with Crippen LogP contribution in [0.5, 0.6) is 0 Å². The molecule has 0 unspecified atom stereocenters. The molecule has 0 saturated carbocycles. The third-order valence-corrected chi connectivity index (χ3v) is 7.58. The molecule has 168 valence electrons. The van der Waals surface area contributed by atoms with Gasteiger partial charge in [-0.1, -0.05) is 70.7 Å². The van der Waals surface area contributed by atoms with Crippen LogP contribution in [0, 0.1) is 0 Å². The van der Waals surface area contributed by atoms with Crippen molar-refractivity contribution in [3.05, 3.63) is 97.9 Å². The number of sulfonamides is 1. The Kier molecular flexibility index (Phi) is 8.44. The number of hydrogen-bond acceptors (Lipinski definition) is 3. The van der Waals surface area contributed by atoms with Crippen LogP contribution in [0.15, 0.2) is 71.6 Å². The second-order valence-electron chi connectivity index (χ2n) is 6.83. The molecule has 0 bridgehead atoms. The van der Waals surface area contributed by atoms with Gasteiger partial charge in [-0.25, -0.2) is 8.42 Å². The van der Waals surface area contributed by atoms with Crippen molar-refractivity contribution < 1.29 is 13.2 Å². The predicted octanol–water partition coefficient (Wildman–Crippen LogP) is 5.81. The highest BCUT2D eigenvalue weighted by Gasteiger charge is 2.27. The molecule has 0 radical (unpaired) electrons. The van der Waals surface area contributed by atoms with Gasteiger partial charge in [-0.05, 0) is 53.6 Å². The largest absolute Gasteiger partial charge is 0.351 e. The Labute approximate surface area is 206 Å². The minimum atomic E-state index is -4.03. The van der Waals surface area contributed by atoms with E-state index in [2.05, 4.69) is 5.32 Å². The van der Waals surface area contributed by atoms with Crippen molar-refractivity contribution >= 4 is 62.3 Å². The Balaban J connectivity index is 1.84. The number of halogens is 4. The van der Waals surface area contributed by atoms with Crippen LogP contribution in [0.2, 0.25) is 20.1 Å². The molecule has 0 saturated heterocycles. The van der Waals surface area contributed by atoms with Crippen molar-refractivity contribution in [2.45, 2.75) is 18.0 Å². The van der Waals surface area contributed by atoms with E-state index in [0.717, 1.165) is 9.87 Å². The number of nitrogens with one attached hydrogen (secondary N) is 1. The minimum Gasteiger partial charge on any atom is -0.351 e. The summed E-state index contributed by atoms with van der Waals surface area (Å²) < 4.78 is 27.7. The van der Waals surface area contributed by atoms with Crippen LogP contribution >= 0.6 is 46.4 Å². The molecule has 32 heavy (non-hydrogen) atoms. The van der Waals surface area contributed by atoms with Crippen LogP contribution in [0.3, 0.4) is 0 Å². The van der Waals surface area contributed by atoms with E-state index in [0.29, 0.717) is 25.7 Å². The Morgan fingerprint density at radius 2 is 1.47 bits per heavy atom. The predicted molar refractivity (Wildman–Crippen MR) is 129 cm³/mol. The summed E-state index contributed by atoms with van der Waals surface area (Å²) in [5, 5.41) is 4.33. The van der Waals surface area contributed by atoms with Crippen LogP contribution in [-0.2, 0) is 27.9 Å². The molecule has 3 aromatic carbocycles. The lowest BCUT2D eigenvalue weighted by molar-refractivity contribution is -0.121. The molecule has 1 amide bonds. The average Bonchev–Trinajstić information content (AvgIpc) is 2.74. The fourth-order valence-corrected chi connectivity index (χ4v) is 5.04. The zero-order valence-corrected chi connectivity index (χ0v) is 20.4. The van der Waals surface area contributed by atoms with E-state index in [1.54, 1.807) is 36.4 Å². The molecule has 3 rings (SSSR count). The maximum absolute atomic E-state index is 13.3. The second kappa shape index (κ2) is 10.9. The number of benzene rings is 3. The van der Waals surface area contributed by atoms with Gasteiger partial charge in [0.25, 0.3) is 0 Å². The highest BCUT2D eigenvalue weighted by molar-refractivity contribution is 7.89. The summed E-state index contributed by atoms with van der Waals surface area (Å²) in [5.74, 6) is -0.493. The first-order valence-electron chi connectivity index (χ1n) is 9.36. The lowest BCUT2D eigenvalue weighted by Gasteiger charge is -2.22. The molecule has 10 heteroatoms. The van der Waals surface area contributed by atoms with Gasteiger partial charge in [-0.15, -0.1) is 0 Å². The normalized spacial score (nSPS) is 11.5. The molecule has 0 aliphatic rings. The van der Waals surface area contributed by atoms with E-state index in [9.17, 15) is 13.2 Å². The van der Waals surface area contributed by atoms with E-state index in [-0.39, 0.29) is 18.0 Å². The third kappa shape index (κ3) is 6.38. The first-order chi connectivity index (χ1) is 15.2. The van der Waals surface area contributed by atoms with E-state index in [1.807, 2.05) is 0 Å². The van der Waals surface area contributed by atoms with Crippen molar-refractivity contribution in [3.8, 4) is 0 Å². The topological polar surface area (TPSA) is 66.5 Å². The number of nitrogens with zero attached hydrogens (tertiary/aromatic N) is 1. The molecule has 3 aromatic rings. The second-order valence-corrected chi connectivity index (χ2v) is 10.5. The molecular weight excluding hydrogens is 514 g/mol. The minimum absolute atomic E-state index is 0.00545. The summed E-state index contributed by atoms with van der Waals surface area (Å²) in [6.07, 6.45) is 0. The monoisotopic (exact) mass is 530 g/mol. The summed E-state index contributed by atoms with van der Waals surface area (Å²) in [6.45, 7) is -0.385. The van der Waals surface area contributed by atoms with Crippen LogP contribution in [0.4, 0.5) is 0 Å². The SMILES string of the molecule is O=C(CN(Cc1ccc(Cl)cc1Cl)S(=O)(=O)c1ccc(Cl)cc1)NCc1ccccc1Cl. The van der Waals surface area contributed by atoms with Gasteiger partial charge in [0.2, 0.25) is 15.9 Å². The van der Waals surface area contributed by atoms with Crippen molar-refractivity contribution in [1.29, 1.82) is 0 Å². The molecular formula is C22H18Cl4N2O3S. The average molecular weight is 532 g/mol. The summed E-state index contributed by atoms with van der Waals surface area (Å²) in [7, 11) is -4.03. The zero-order chi connectivity index (χ0) is 23.3. The van der Waals surface area contributed by atoms with Crippen molar-refractivity contribution in [2.24, 2.45) is 0 Å². The highest BCUT2D eigenvalue weighted by Crippen LogP contribution is 2.26. The third-order valence-electron chi connectivity index (χ3n) is 4.57. The Hall–Kier alpha value is -1.80. The van der Waals surface area contributed by atoms with Gasteiger partial charge in [0.05, 0.1) is 11.4 Å². The van der Waals surface area contributed by atoms with Gasteiger partial charge in [-0.3, -0.25) is 4.79 Å². The summed E-state index contributed by atoms with van der Waals surface area (Å²) in [5.41, 5.74) is 1.22. The van der Waals surface area contributed by atoms with Gasteiger partial charge >= 0.3 is 0 Å². The molecule has 0 aromatic heterocycles. The van der Waals surface area contributed by atoms with Gasteiger partial charge < -0.3 is 5.32 Å². The molecule has 1 N–H and O–H groups in total. The number of amides is 1. The maximum Gasteiger partial charge on any atom is 0.243 e. The van der Waals surface area contributed by atoms with Gasteiger partial charge in [0, 0.05) is 33.2 Å². The summed E-state index contributed by atoms with van der Waals surface area (Å²) in [6, 6.07) is 17.5. The fourth-order valence-electron chi connectivity index (χ4n) is 2.87. The van der Waals surface area contributed by atoms with Crippen molar-refractivity contribution in [1.82, 2.24) is 9.62 Å². The van der Waals surface area contributed by atoms with Gasteiger partial charge in [-0.2, -0.15) is 4.31 Å². The Morgan fingerprint density at radius 3 is 2.12 bits per heavy atom. The van der Waals surface area contributed by atoms with E-state index >= 15 is 0 Å². The van der Waals surface area contributed by atoms with E-state index < -0.39 is 22.5 Å². The molecule has 0 aliphatic carbocycles. The van der Waals surface area contributed by atoms with Crippen molar-refractivity contribution in [2.75, 3.05) is 6.54 Å². The number of hydrogen-bond donors (Lipinski definition) is 1. The van der Waals surface area contributed by atoms with Gasteiger partial charge in [0.15, 0.2) is 0 Å². The molecule has 0 heterocycles. The fraction of sp³-hybridized carbons (Fsp3) is 0.136. The molecule has 0 spiro atoms. The Bertz CT molecular complexity index is 1220. The smallest absolute Gasteiger partial charge is 0.243 e. The molecule has 0 fully saturated rings. The van der Waals surface area contributed by atoms with Crippen LogP contribution in [0.25, 0.3) is 0 Å². The van der Waals surface area contributed by atoms with Crippen LogP contribution < -0.4 is 5.32 Å².